The summed E-state index contributed by atoms with van der Waals surface area (Å²) >= 11 is 6.40. The normalized spacial score (nSPS) is 13.0. The Kier molecular flexibility index (Phi) is 19.6. The first kappa shape index (κ1) is 54.9. The van der Waals surface area contributed by atoms with Gasteiger partial charge in [0.15, 0.2) is 18.3 Å². The zero-order valence-corrected chi connectivity index (χ0v) is 39.9. The van der Waals surface area contributed by atoms with Gasteiger partial charge in [-0.25, -0.2) is 33.0 Å². The van der Waals surface area contributed by atoms with Crippen molar-refractivity contribution in [1.82, 2.24) is 49.5 Å². The molecule has 0 aliphatic carbocycles. The summed E-state index contributed by atoms with van der Waals surface area (Å²) in [4.78, 5) is 24.0. The molecule has 31 heteroatoms. The van der Waals surface area contributed by atoms with Crippen LogP contribution in [0.5, 0.6) is 6.01 Å². The van der Waals surface area contributed by atoms with Crippen molar-refractivity contribution in [2.75, 3.05) is 32.7 Å². The molecule has 1 N–H and O–H groups in total. The highest BCUT2D eigenvalue weighted by Gasteiger charge is 2.58. The molecule has 4 heterocycles. The average molecular weight is 1090 g/mol. The minimum absolute atomic E-state index is 0.0242. The van der Waals surface area contributed by atoms with E-state index in [4.69, 9.17) is 14.6 Å². The zero-order valence-electron chi connectivity index (χ0n) is 33.9. The largest absolute Gasteiger partial charge is 0.457 e. The predicted octanol–water partition coefficient (Wildman–Crippen LogP) is 7.78. The summed E-state index contributed by atoms with van der Waals surface area (Å²) in [7, 11) is -6.13. The second-order valence-electron chi connectivity index (χ2n) is 15.2. The topological polar surface area (TPSA) is 195 Å². The molecular weight excluding hydrogens is 1050 g/mol. The van der Waals surface area contributed by atoms with Crippen molar-refractivity contribution < 1.29 is 71.6 Å². The predicted molar refractivity (Wildman–Crippen MR) is 213 cm³/mol. The maximum absolute atomic E-state index is 13.2. The zero-order chi connectivity index (χ0) is 47.5. The summed E-state index contributed by atoms with van der Waals surface area (Å²) < 4.78 is 162. The van der Waals surface area contributed by atoms with Gasteiger partial charge in [-0.15, -0.1) is 10.2 Å². The molecule has 4 aromatic heterocycles. The maximum Gasteiger partial charge on any atom is 0.456 e. The van der Waals surface area contributed by atoms with E-state index in [1.54, 1.807) is 12.4 Å². The van der Waals surface area contributed by atoms with Crippen LogP contribution in [0, 0.1) is 0 Å². The third-order valence-corrected chi connectivity index (χ3v) is 12.3. The molecule has 16 nitrogen and oxygen atoms in total. The molecule has 0 saturated carbocycles. The smallest absolute Gasteiger partial charge is 0.456 e. The van der Waals surface area contributed by atoms with Gasteiger partial charge < -0.3 is 19.3 Å². The number of rotatable bonds is 17. The van der Waals surface area contributed by atoms with E-state index in [-0.39, 0.29) is 41.9 Å². The van der Waals surface area contributed by atoms with Crippen molar-refractivity contribution in [1.29, 1.82) is 0 Å². The summed E-state index contributed by atoms with van der Waals surface area (Å²) in [5, 5.41) is 15.5. The van der Waals surface area contributed by atoms with E-state index in [1.807, 2.05) is 0 Å². The molecule has 0 fully saturated rings. The first-order valence-electron chi connectivity index (χ1n) is 17.5. The van der Waals surface area contributed by atoms with Gasteiger partial charge in [-0.1, -0.05) is 39.3 Å². The van der Waals surface area contributed by atoms with Gasteiger partial charge in [0.2, 0.25) is 26.6 Å². The Hall–Kier alpha value is -3.24. The fourth-order valence-electron chi connectivity index (χ4n) is 3.64. The number of alkyl halides is 10. The number of sulfone groups is 1. The van der Waals surface area contributed by atoms with Crippen molar-refractivity contribution in [3.63, 3.8) is 0 Å². The number of hydrogen-bond donors (Lipinski definition) is 1. The van der Waals surface area contributed by atoms with Crippen molar-refractivity contribution in [2.24, 2.45) is 0 Å². The number of hydrogen-bond acceptors (Lipinski definition) is 14. The van der Waals surface area contributed by atoms with Gasteiger partial charge >= 0.3 is 30.2 Å². The first-order chi connectivity index (χ1) is 28.2. The van der Waals surface area contributed by atoms with Crippen molar-refractivity contribution >= 4 is 57.8 Å². The lowest BCUT2D eigenvalue weighted by Gasteiger charge is -2.19. The van der Waals surface area contributed by atoms with E-state index >= 15 is 0 Å². The molecule has 0 saturated heterocycles. The van der Waals surface area contributed by atoms with Gasteiger partial charge in [-0.05, 0) is 43.9 Å². The van der Waals surface area contributed by atoms with Crippen LogP contribution in [0.2, 0.25) is 51.4 Å². The Morgan fingerprint density at radius 2 is 1.03 bits per heavy atom. The lowest BCUT2D eigenvalue weighted by molar-refractivity contribution is -0.292. The Balaban J connectivity index is 0.000000361. The molecule has 0 aliphatic rings. The highest BCUT2D eigenvalue weighted by Crippen LogP contribution is 2.36. The summed E-state index contributed by atoms with van der Waals surface area (Å²) in [5.74, 6) is -9.66. The molecule has 350 valence electrons. The maximum atomic E-state index is 13.2. The standard InChI is InChI=1S/C15H19BrF5N5O2Si.C13H20BrN5O3SSi.C3H3F5O/c1-29(2,3)5-4-27-9-26-13(28-8-14(17,18)15(19,20)21)24-12(25-26)11-22-6-10(16)7-23-11;1-23(20,21)13-17-12(11-15-7-10(14)8-16-11)18-19(13)9-22-5-6-24(2,3)4;4-2(5,1-9)3(6,7)8/h6-7H,4-5,8-9H2,1-3H3;7-8H,5-6,9H2,1-4H3;9H,1H2. The van der Waals surface area contributed by atoms with Gasteiger partial charge in [0.25, 0.3) is 0 Å². The lowest BCUT2D eigenvalue weighted by Crippen LogP contribution is -2.42. The van der Waals surface area contributed by atoms with Crippen LogP contribution in [0.3, 0.4) is 0 Å². The van der Waals surface area contributed by atoms with Crippen LogP contribution in [0.15, 0.2) is 38.9 Å². The van der Waals surface area contributed by atoms with E-state index in [9.17, 15) is 52.3 Å². The summed E-state index contributed by atoms with van der Waals surface area (Å²) in [6.07, 6.45) is -4.38. The van der Waals surface area contributed by atoms with Gasteiger partial charge in [0, 0.05) is 60.4 Å². The monoisotopic (exact) mass is 1090 g/mol. The molecule has 0 aliphatic heterocycles. The molecule has 0 bridgehead atoms. The molecule has 0 unspecified atom stereocenters. The molecule has 62 heavy (non-hydrogen) atoms. The molecule has 0 aromatic carbocycles. The van der Waals surface area contributed by atoms with Crippen molar-refractivity contribution in [3.05, 3.63) is 33.7 Å². The van der Waals surface area contributed by atoms with Crippen LogP contribution in [0.4, 0.5) is 43.9 Å². The van der Waals surface area contributed by atoms with Crippen molar-refractivity contribution in [3.8, 4) is 29.3 Å². The summed E-state index contributed by atoms with van der Waals surface area (Å²) in [5.41, 5.74) is 0. The van der Waals surface area contributed by atoms with Gasteiger partial charge in [0.05, 0.1) is 8.95 Å². The number of halogens is 12. The van der Waals surface area contributed by atoms with Crippen molar-refractivity contribution in [2.45, 2.75) is 94.2 Å². The molecule has 4 rings (SSSR count). The number of aromatic nitrogens is 10. The number of nitrogens with zero attached hydrogens (tertiary/aromatic N) is 10. The van der Waals surface area contributed by atoms with E-state index in [0.717, 1.165) is 23.0 Å². The van der Waals surface area contributed by atoms with Crippen LogP contribution in [0.25, 0.3) is 23.3 Å². The van der Waals surface area contributed by atoms with E-state index in [1.165, 1.54) is 17.1 Å². The minimum Gasteiger partial charge on any atom is -0.457 e. The molecule has 4 aromatic rings. The minimum atomic E-state index is -5.75. The van der Waals surface area contributed by atoms with Gasteiger partial charge in [-0.3, -0.25) is 0 Å². The third kappa shape index (κ3) is 18.5. The van der Waals surface area contributed by atoms with Crippen LogP contribution in [-0.2, 0) is 32.8 Å². The Bertz CT molecular complexity index is 2120. The number of aliphatic hydroxyl groups excluding tert-OH is 1. The molecule has 0 spiro atoms. The second-order valence-corrected chi connectivity index (χ2v) is 30.2. The van der Waals surface area contributed by atoms with Gasteiger partial charge in [0.1, 0.15) is 20.1 Å². The fourth-order valence-corrected chi connectivity index (χ4v) is 6.29. The Morgan fingerprint density at radius 3 is 1.39 bits per heavy atom. The highest BCUT2D eigenvalue weighted by molar-refractivity contribution is 9.10. The van der Waals surface area contributed by atoms with E-state index < -0.39 is 69.4 Å². The quantitative estimate of drug-likeness (QED) is 0.0612. The molecule has 0 radical (unpaired) electrons. The van der Waals surface area contributed by atoms with Crippen LogP contribution in [-0.4, -0.2) is 136 Å². The molecule has 0 amide bonds. The SMILES string of the molecule is C[Si](C)(C)CCOCn1nc(-c2ncc(Br)cn2)nc1OCC(F)(F)C(F)(F)F.C[Si](C)(C)CCOCn1nc(-c2ncc(Br)cn2)nc1S(C)(=O)=O.OCC(F)(F)C(F)(F)F. The number of aliphatic hydroxyl groups is 1. The highest BCUT2D eigenvalue weighted by atomic mass is 79.9. The Morgan fingerprint density at radius 1 is 0.645 bits per heavy atom. The van der Waals surface area contributed by atoms with Crippen LogP contribution >= 0.6 is 31.9 Å². The molecule has 0 atom stereocenters. The molecular formula is C31H42Br2F10N10O6SSi2. The first-order valence-corrected chi connectivity index (χ1v) is 28.4. The second kappa shape index (κ2) is 22.1. The summed E-state index contributed by atoms with van der Waals surface area (Å²) in [6, 6.07) is 1.26. The fraction of sp³-hybridized carbons (Fsp3) is 0.613. The van der Waals surface area contributed by atoms with Gasteiger partial charge in [-0.2, -0.15) is 58.6 Å². The number of ether oxygens (including phenoxy) is 3. The Labute approximate surface area is 367 Å². The lowest BCUT2D eigenvalue weighted by atomic mass is 10.3. The summed E-state index contributed by atoms with van der Waals surface area (Å²) in [6.45, 7) is 9.75. The van der Waals surface area contributed by atoms with E-state index in [2.05, 4.69) is 116 Å². The van der Waals surface area contributed by atoms with E-state index in [0.29, 0.717) is 22.2 Å². The van der Waals surface area contributed by atoms with Crippen LogP contribution in [0.1, 0.15) is 0 Å². The average Bonchev–Trinajstić information content (AvgIpc) is 3.75. The van der Waals surface area contributed by atoms with Crippen LogP contribution < -0.4 is 4.74 Å². The third-order valence-electron chi connectivity index (χ3n) is 7.08.